The molecule has 0 spiro atoms. The summed E-state index contributed by atoms with van der Waals surface area (Å²) in [4.78, 5) is 16.1. The zero-order chi connectivity index (χ0) is 11.8. The smallest absolute Gasteiger partial charge is 0.197 e. The predicted octanol–water partition coefficient (Wildman–Crippen LogP) is 1.00. The summed E-state index contributed by atoms with van der Waals surface area (Å²) in [5, 5.41) is 6.40. The van der Waals surface area contributed by atoms with Gasteiger partial charge in [-0.1, -0.05) is 0 Å². The molecule has 3 rings (SSSR count). The van der Waals surface area contributed by atoms with Crippen LogP contribution >= 0.6 is 0 Å². The molecule has 7 heteroatoms. The van der Waals surface area contributed by atoms with Crippen LogP contribution in [0, 0.1) is 0 Å². The molecule has 0 atom stereocenters. The second-order valence-electron chi connectivity index (χ2n) is 2.73. The fourth-order valence-electron chi connectivity index (χ4n) is 0.965. The van der Waals surface area contributed by atoms with E-state index in [9.17, 15) is 0 Å². The van der Waals surface area contributed by atoms with Crippen LogP contribution in [0.2, 0.25) is 0 Å². The minimum atomic E-state index is 0.554. The highest BCUT2D eigenvalue weighted by atomic mass is 16.5. The van der Waals surface area contributed by atoms with Crippen molar-refractivity contribution in [2.75, 3.05) is 0 Å². The van der Waals surface area contributed by atoms with Gasteiger partial charge in [0.05, 0.1) is 6.20 Å². The van der Waals surface area contributed by atoms with E-state index in [-0.39, 0.29) is 0 Å². The van der Waals surface area contributed by atoms with Gasteiger partial charge in [-0.05, 0) is 12.1 Å². The van der Waals surface area contributed by atoms with Crippen molar-refractivity contribution in [2.24, 2.45) is 0 Å². The van der Waals surface area contributed by atoms with Crippen LogP contribution in [0.15, 0.2) is 53.9 Å². The van der Waals surface area contributed by atoms with E-state index in [1.807, 2.05) is 0 Å². The SMILES string of the molecule is c1cnc(-c2ncccn2)nc1.c1conn1. The van der Waals surface area contributed by atoms with Gasteiger partial charge in [0, 0.05) is 30.1 Å². The first-order valence-electron chi connectivity index (χ1n) is 4.72. The summed E-state index contributed by atoms with van der Waals surface area (Å²) in [5.74, 6) is 1.11. The summed E-state index contributed by atoms with van der Waals surface area (Å²) < 4.78 is 4.22. The van der Waals surface area contributed by atoms with Crippen molar-refractivity contribution in [3.05, 3.63) is 49.4 Å². The largest absolute Gasteiger partial charge is 0.346 e. The van der Waals surface area contributed by atoms with Crippen molar-refractivity contribution in [1.29, 1.82) is 0 Å². The Morgan fingerprint density at radius 3 is 1.53 bits per heavy atom. The maximum Gasteiger partial charge on any atom is 0.197 e. The molecule has 0 bridgehead atoms. The molecule has 0 aromatic carbocycles. The molecule has 17 heavy (non-hydrogen) atoms. The van der Waals surface area contributed by atoms with Gasteiger partial charge in [-0.25, -0.2) is 19.9 Å². The Bertz CT molecular complexity index is 458. The second kappa shape index (κ2) is 6.01. The van der Waals surface area contributed by atoms with Crippen molar-refractivity contribution in [3.63, 3.8) is 0 Å². The maximum atomic E-state index is 4.22. The first kappa shape index (κ1) is 10.8. The van der Waals surface area contributed by atoms with Crippen LogP contribution in [0.3, 0.4) is 0 Å². The van der Waals surface area contributed by atoms with Crippen molar-refractivity contribution < 1.29 is 4.52 Å². The van der Waals surface area contributed by atoms with Crippen molar-refractivity contribution in [3.8, 4) is 11.6 Å². The van der Waals surface area contributed by atoms with E-state index >= 15 is 0 Å². The third-order valence-corrected chi connectivity index (χ3v) is 1.61. The summed E-state index contributed by atoms with van der Waals surface area (Å²) in [5.41, 5.74) is 0. The van der Waals surface area contributed by atoms with E-state index in [1.165, 1.54) is 12.5 Å². The van der Waals surface area contributed by atoms with E-state index in [1.54, 1.807) is 36.9 Å². The van der Waals surface area contributed by atoms with Crippen LogP contribution < -0.4 is 0 Å². The summed E-state index contributed by atoms with van der Waals surface area (Å²) >= 11 is 0. The lowest BCUT2D eigenvalue weighted by atomic mass is 10.5. The van der Waals surface area contributed by atoms with Crippen LogP contribution in [0.25, 0.3) is 11.6 Å². The van der Waals surface area contributed by atoms with Crippen LogP contribution in [0.5, 0.6) is 0 Å². The Morgan fingerprint density at radius 2 is 1.24 bits per heavy atom. The summed E-state index contributed by atoms with van der Waals surface area (Å²) in [6, 6.07) is 3.51. The first-order chi connectivity index (χ1) is 8.47. The Labute approximate surface area is 96.6 Å². The van der Waals surface area contributed by atoms with E-state index in [2.05, 4.69) is 34.8 Å². The standard InChI is InChI=1S/C8H6N4.C2H2N2O/c1-3-9-7(10-4-1)8-11-5-2-6-12-8;1-2-5-4-3-1/h1-6H;1-2H. The average molecular weight is 228 g/mol. The molecular formula is C10H8N6O. The van der Waals surface area contributed by atoms with Gasteiger partial charge in [0.1, 0.15) is 6.26 Å². The monoisotopic (exact) mass is 228 g/mol. The quantitative estimate of drug-likeness (QED) is 0.613. The summed E-state index contributed by atoms with van der Waals surface area (Å²) in [7, 11) is 0. The Balaban J connectivity index is 0.000000181. The number of rotatable bonds is 1. The zero-order valence-electron chi connectivity index (χ0n) is 8.71. The highest BCUT2D eigenvalue weighted by Crippen LogP contribution is 2.03. The van der Waals surface area contributed by atoms with Crippen molar-refractivity contribution in [1.82, 2.24) is 30.3 Å². The lowest BCUT2D eigenvalue weighted by Crippen LogP contribution is -1.91. The number of hydrogen-bond acceptors (Lipinski definition) is 7. The van der Waals surface area contributed by atoms with Gasteiger partial charge in [-0.3, -0.25) is 0 Å². The van der Waals surface area contributed by atoms with Crippen LogP contribution in [0.1, 0.15) is 0 Å². The molecule has 3 heterocycles. The van der Waals surface area contributed by atoms with Crippen LogP contribution in [-0.2, 0) is 0 Å². The molecule has 0 saturated carbocycles. The molecule has 0 saturated heterocycles. The molecule has 0 amide bonds. The number of hydrogen-bond donors (Lipinski definition) is 0. The number of nitrogens with zero attached hydrogens (tertiary/aromatic N) is 6. The maximum absolute atomic E-state index is 4.22. The molecule has 0 fully saturated rings. The van der Waals surface area contributed by atoms with E-state index < -0.39 is 0 Å². The lowest BCUT2D eigenvalue weighted by molar-refractivity contribution is 0.393. The minimum Gasteiger partial charge on any atom is -0.346 e. The normalized spacial score (nSPS) is 9.18. The predicted molar refractivity (Wildman–Crippen MR) is 57.4 cm³/mol. The third kappa shape index (κ3) is 3.42. The van der Waals surface area contributed by atoms with Gasteiger partial charge in [0.25, 0.3) is 0 Å². The van der Waals surface area contributed by atoms with Gasteiger partial charge in [-0.15, -0.1) is 5.10 Å². The molecule has 0 aliphatic rings. The van der Waals surface area contributed by atoms with Gasteiger partial charge < -0.3 is 4.52 Å². The van der Waals surface area contributed by atoms with Gasteiger partial charge >= 0.3 is 0 Å². The molecule has 0 aliphatic carbocycles. The zero-order valence-corrected chi connectivity index (χ0v) is 8.71. The van der Waals surface area contributed by atoms with E-state index in [0.717, 1.165) is 0 Å². The highest BCUT2D eigenvalue weighted by Gasteiger charge is 1.99. The molecule has 7 nitrogen and oxygen atoms in total. The highest BCUT2D eigenvalue weighted by molar-refractivity contribution is 5.40. The first-order valence-corrected chi connectivity index (χ1v) is 4.72. The van der Waals surface area contributed by atoms with Gasteiger partial charge in [-0.2, -0.15) is 0 Å². The lowest BCUT2D eigenvalue weighted by Gasteiger charge is -1.93. The molecule has 84 valence electrons. The van der Waals surface area contributed by atoms with E-state index in [0.29, 0.717) is 11.6 Å². The molecule has 3 aromatic rings. The van der Waals surface area contributed by atoms with Crippen LogP contribution in [-0.4, -0.2) is 30.3 Å². The minimum absolute atomic E-state index is 0.554. The molecule has 0 N–H and O–H groups in total. The summed E-state index contributed by atoms with van der Waals surface area (Å²) in [6.07, 6.45) is 9.54. The van der Waals surface area contributed by atoms with Gasteiger partial charge in [0.15, 0.2) is 11.6 Å². The Morgan fingerprint density at radius 1 is 0.706 bits per heavy atom. The fraction of sp³-hybridized carbons (Fsp3) is 0. The Hall–Kier alpha value is -2.70. The Kier molecular flexibility index (Phi) is 3.82. The molecule has 3 aromatic heterocycles. The second-order valence-corrected chi connectivity index (χ2v) is 2.73. The van der Waals surface area contributed by atoms with Gasteiger partial charge in [0.2, 0.25) is 0 Å². The third-order valence-electron chi connectivity index (χ3n) is 1.61. The van der Waals surface area contributed by atoms with E-state index in [4.69, 9.17) is 0 Å². The fourth-order valence-corrected chi connectivity index (χ4v) is 0.965. The van der Waals surface area contributed by atoms with Crippen molar-refractivity contribution >= 4 is 0 Å². The summed E-state index contributed by atoms with van der Waals surface area (Å²) in [6.45, 7) is 0. The average Bonchev–Trinajstić information content (AvgIpc) is 3.00. The number of aromatic nitrogens is 6. The molecular weight excluding hydrogens is 220 g/mol. The molecule has 0 radical (unpaired) electrons. The van der Waals surface area contributed by atoms with Crippen molar-refractivity contribution in [2.45, 2.75) is 0 Å². The topological polar surface area (TPSA) is 90.5 Å². The molecule has 0 unspecified atom stereocenters. The molecule has 0 aliphatic heterocycles. The van der Waals surface area contributed by atoms with Crippen LogP contribution in [0.4, 0.5) is 0 Å².